The Morgan fingerprint density at radius 3 is 2.41 bits per heavy atom. The quantitative estimate of drug-likeness (QED) is 0.292. The second-order valence-electron chi connectivity index (χ2n) is 8.75. The van der Waals surface area contributed by atoms with Gasteiger partial charge in [-0.1, -0.05) is 58.4 Å². The first-order valence-electron chi connectivity index (χ1n) is 10.6. The van der Waals surface area contributed by atoms with E-state index in [-0.39, 0.29) is 17.1 Å². The average molecular weight is 538 g/mol. The molecule has 0 saturated carbocycles. The van der Waals surface area contributed by atoms with E-state index in [1.54, 1.807) is 6.07 Å². The number of amides is 2. The van der Waals surface area contributed by atoms with Crippen LogP contribution >= 0.6 is 27.3 Å². The van der Waals surface area contributed by atoms with Crippen LogP contribution in [0.15, 0.2) is 54.6 Å². The minimum atomic E-state index is -0.411. The van der Waals surface area contributed by atoms with E-state index >= 15 is 0 Å². The SMILES string of the molecule is CC(C)(C)NC(=O)c1sc2nc(-c3ccccc3)nc(-c3cccc(NC(=O)CBr)c3)c2c1N. The second kappa shape index (κ2) is 9.52. The van der Waals surface area contributed by atoms with Gasteiger partial charge in [-0.25, -0.2) is 9.97 Å². The number of aromatic nitrogens is 2. The number of benzene rings is 2. The van der Waals surface area contributed by atoms with Crippen LogP contribution in [0.25, 0.3) is 32.9 Å². The molecule has 0 bridgehead atoms. The molecule has 4 rings (SSSR count). The van der Waals surface area contributed by atoms with Gasteiger partial charge in [0, 0.05) is 22.4 Å². The third-order valence-electron chi connectivity index (χ3n) is 4.86. The first-order valence-corrected chi connectivity index (χ1v) is 12.5. The number of hydrogen-bond acceptors (Lipinski definition) is 6. The smallest absolute Gasteiger partial charge is 0.263 e. The molecule has 0 spiro atoms. The van der Waals surface area contributed by atoms with Gasteiger partial charge in [-0.15, -0.1) is 11.3 Å². The monoisotopic (exact) mass is 537 g/mol. The Morgan fingerprint density at radius 2 is 1.74 bits per heavy atom. The molecule has 0 aliphatic rings. The van der Waals surface area contributed by atoms with Crippen LogP contribution in [0.3, 0.4) is 0 Å². The number of anilines is 2. The Labute approximate surface area is 209 Å². The molecule has 4 N–H and O–H groups in total. The lowest BCUT2D eigenvalue weighted by Crippen LogP contribution is -2.40. The molecule has 2 heterocycles. The highest BCUT2D eigenvalue weighted by molar-refractivity contribution is 9.09. The Bertz CT molecular complexity index is 1380. The summed E-state index contributed by atoms with van der Waals surface area (Å²) in [5, 5.41) is 6.62. The van der Waals surface area contributed by atoms with Gasteiger partial charge in [0.25, 0.3) is 5.91 Å². The summed E-state index contributed by atoms with van der Waals surface area (Å²) in [7, 11) is 0. The van der Waals surface area contributed by atoms with Crippen molar-refractivity contribution in [3.8, 4) is 22.6 Å². The third kappa shape index (κ3) is 5.10. The highest BCUT2D eigenvalue weighted by atomic mass is 79.9. The molecule has 0 fully saturated rings. The highest BCUT2D eigenvalue weighted by Gasteiger charge is 2.25. The second-order valence-corrected chi connectivity index (χ2v) is 10.3. The summed E-state index contributed by atoms with van der Waals surface area (Å²) in [5.74, 6) is 0.117. The Morgan fingerprint density at radius 1 is 1.03 bits per heavy atom. The van der Waals surface area contributed by atoms with Gasteiger partial charge in [0.15, 0.2) is 5.82 Å². The fraction of sp³-hybridized carbons (Fsp3) is 0.200. The summed E-state index contributed by atoms with van der Waals surface area (Å²) in [6.45, 7) is 5.75. The summed E-state index contributed by atoms with van der Waals surface area (Å²) >= 11 is 4.41. The van der Waals surface area contributed by atoms with E-state index in [0.29, 0.717) is 38.0 Å². The van der Waals surface area contributed by atoms with Crippen molar-refractivity contribution in [1.29, 1.82) is 0 Å². The number of alkyl halides is 1. The summed E-state index contributed by atoms with van der Waals surface area (Å²) < 4.78 is 0. The number of hydrogen-bond donors (Lipinski definition) is 3. The molecule has 9 heteroatoms. The van der Waals surface area contributed by atoms with Crippen molar-refractivity contribution < 1.29 is 9.59 Å². The van der Waals surface area contributed by atoms with Crippen LogP contribution in [0.4, 0.5) is 11.4 Å². The number of rotatable bonds is 5. The van der Waals surface area contributed by atoms with E-state index in [1.165, 1.54) is 11.3 Å². The number of nitrogens with one attached hydrogen (secondary N) is 2. The van der Waals surface area contributed by atoms with Crippen LogP contribution in [0.5, 0.6) is 0 Å². The van der Waals surface area contributed by atoms with Gasteiger partial charge < -0.3 is 16.4 Å². The molecule has 0 saturated heterocycles. The molecule has 2 aromatic carbocycles. The number of nitrogen functional groups attached to an aromatic ring is 1. The zero-order valence-corrected chi connectivity index (χ0v) is 21.4. The molecular formula is C25H24BrN5O2S. The van der Waals surface area contributed by atoms with Crippen LogP contribution in [-0.4, -0.2) is 32.7 Å². The van der Waals surface area contributed by atoms with Crippen molar-refractivity contribution >= 4 is 60.7 Å². The van der Waals surface area contributed by atoms with Gasteiger partial charge in [0.2, 0.25) is 5.91 Å². The molecule has 4 aromatic rings. The summed E-state index contributed by atoms with van der Waals surface area (Å²) in [5.41, 5.74) is 9.28. The molecule has 0 unspecified atom stereocenters. The van der Waals surface area contributed by atoms with Crippen LogP contribution in [-0.2, 0) is 4.79 Å². The molecule has 174 valence electrons. The molecule has 2 aromatic heterocycles. The molecule has 0 atom stereocenters. The average Bonchev–Trinajstić information content (AvgIpc) is 3.14. The topological polar surface area (TPSA) is 110 Å². The summed E-state index contributed by atoms with van der Waals surface area (Å²) in [6.07, 6.45) is 0. The number of carbonyl (C=O) groups is 2. The predicted molar refractivity (Wildman–Crippen MR) is 142 cm³/mol. The molecule has 0 aliphatic heterocycles. The maximum absolute atomic E-state index is 13.0. The van der Waals surface area contributed by atoms with Crippen molar-refractivity contribution in [3.05, 3.63) is 59.5 Å². The fourth-order valence-electron chi connectivity index (χ4n) is 3.45. The summed E-state index contributed by atoms with van der Waals surface area (Å²) in [4.78, 5) is 35.5. The standard InChI is InChI=1S/C25H24BrN5O2S/c1-25(2,3)31-23(33)21-19(27)18-20(15-10-7-11-16(12-15)28-17(32)13-26)29-22(30-24(18)34-21)14-8-5-4-6-9-14/h4-12H,13,27H2,1-3H3,(H,28,32)(H,31,33). The number of thiophene rings is 1. The van der Waals surface area contributed by atoms with Crippen LogP contribution in [0.2, 0.25) is 0 Å². The predicted octanol–water partition coefficient (Wildman–Crippen LogP) is 5.47. The molecule has 7 nitrogen and oxygen atoms in total. The van der Waals surface area contributed by atoms with Gasteiger partial charge in [0.1, 0.15) is 9.71 Å². The summed E-state index contributed by atoms with van der Waals surface area (Å²) in [6, 6.07) is 17.0. The van der Waals surface area contributed by atoms with Crippen molar-refractivity contribution in [3.63, 3.8) is 0 Å². The molecule has 2 amide bonds. The minimum absolute atomic E-state index is 0.161. The maximum Gasteiger partial charge on any atom is 0.263 e. The van der Waals surface area contributed by atoms with E-state index in [0.717, 1.165) is 11.1 Å². The van der Waals surface area contributed by atoms with Crippen molar-refractivity contribution in [2.45, 2.75) is 26.3 Å². The first kappa shape index (κ1) is 23.8. The van der Waals surface area contributed by atoms with Gasteiger partial charge in [0.05, 0.1) is 22.1 Å². The van der Waals surface area contributed by atoms with Crippen LogP contribution in [0, 0.1) is 0 Å². The van der Waals surface area contributed by atoms with Gasteiger partial charge in [-0.2, -0.15) is 0 Å². The largest absolute Gasteiger partial charge is 0.397 e. The van der Waals surface area contributed by atoms with Gasteiger partial charge >= 0.3 is 0 Å². The zero-order valence-electron chi connectivity index (χ0n) is 19.0. The Hall–Kier alpha value is -3.30. The number of halogens is 1. The van der Waals surface area contributed by atoms with E-state index in [2.05, 4.69) is 26.6 Å². The highest BCUT2D eigenvalue weighted by Crippen LogP contribution is 2.40. The molecular weight excluding hydrogens is 514 g/mol. The van der Waals surface area contributed by atoms with Crippen molar-refractivity contribution in [2.75, 3.05) is 16.4 Å². The molecule has 34 heavy (non-hydrogen) atoms. The lowest BCUT2D eigenvalue weighted by Gasteiger charge is -2.20. The number of carbonyl (C=O) groups excluding carboxylic acids is 2. The normalized spacial score (nSPS) is 11.4. The number of nitrogens with zero attached hydrogens (tertiary/aromatic N) is 2. The van der Waals surface area contributed by atoms with Crippen LogP contribution in [0.1, 0.15) is 30.4 Å². The third-order valence-corrected chi connectivity index (χ3v) is 6.46. The lowest BCUT2D eigenvalue weighted by molar-refractivity contribution is -0.113. The lowest BCUT2D eigenvalue weighted by atomic mass is 10.1. The Balaban J connectivity index is 1.93. The maximum atomic E-state index is 13.0. The van der Waals surface area contributed by atoms with Gasteiger partial charge in [-0.05, 0) is 32.9 Å². The molecule has 0 radical (unpaired) electrons. The van der Waals surface area contributed by atoms with Crippen molar-refractivity contribution in [2.24, 2.45) is 0 Å². The van der Waals surface area contributed by atoms with E-state index in [4.69, 9.17) is 15.7 Å². The molecule has 0 aliphatic carbocycles. The number of nitrogens with two attached hydrogens (primary N) is 1. The van der Waals surface area contributed by atoms with Crippen LogP contribution < -0.4 is 16.4 Å². The van der Waals surface area contributed by atoms with E-state index in [1.807, 2.05) is 69.3 Å². The Kier molecular flexibility index (Phi) is 6.67. The van der Waals surface area contributed by atoms with Crippen molar-refractivity contribution in [1.82, 2.24) is 15.3 Å². The van der Waals surface area contributed by atoms with E-state index in [9.17, 15) is 9.59 Å². The number of fused-ring (bicyclic) bond motifs is 1. The minimum Gasteiger partial charge on any atom is -0.397 e. The zero-order chi connectivity index (χ0) is 24.5. The first-order chi connectivity index (χ1) is 16.2. The fourth-order valence-corrected chi connectivity index (χ4v) is 4.58. The van der Waals surface area contributed by atoms with E-state index < -0.39 is 5.54 Å². The van der Waals surface area contributed by atoms with Gasteiger partial charge in [-0.3, -0.25) is 9.59 Å².